The van der Waals surface area contributed by atoms with Crippen molar-refractivity contribution in [2.24, 2.45) is 10.9 Å². The van der Waals surface area contributed by atoms with E-state index in [9.17, 15) is 4.39 Å². The zero-order valence-electron chi connectivity index (χ0n) is 15.5. The number of likely N-dealkylation sites (N-methyl/N-ethyl adjacent to an activating group) is 1. The quantitative estimate of drug-likeness (QED) is 0.286. The van der Waals surface area contributed by atoms with Crippen molar-refractivity contribution in [3.63, 3.8) is 0 Å². The lowest BCUT2D eigenvalue weighted by Crippen LogP contribution is -2.40. The van der Waals surface area contributed by atoms with Gasteiger partial charge in [-0.1, -0.05) is 0 Å². The Balaban J connectivity index is 0.00000243. The van der Waals surface area contributed by atoms with Crippen molar-refractivity contribution >= 4 is 40.9 Å². The summed E-state index contributed by atoms with van der Waals surface area (Å²) in [5.41, 5.74) is 1.65. The summed E-state index contributed by atoms with van der Waals surface area (Å²) in [5.74, 6) is 2.10. The summed E-state index contributed by atoms with van der Waals surface area (Å²) in [6.07, 6.45) is 2.61. The smallest absolute Gasteiger partial charge is 0.193 e. The average molecular weight is 475 g/mol. The molecule has 5 nitrogen and oxygen atoms in total. The average Bonchev–Trinajstić information content (AvgIpc) is 3.38. The summed E-state index contributed by atoms with van der Waals surface area (Å²) in [4.78, 5) is 6.33. The van der Waals surface area contributed by atoms with E-state index < -0.39 is 0 Å². The first-order valence-electron chi connectivity index (χ1n) is 8.75. The van der Waals surface area contributed by atoms with Gasteiger partial charge in [0.2, 0.25) is 0 Å². The lowest BCUT2D eigenvalue weighted by atomic mass is 10.1. The second kappa shape index (κ2) is 9.55. The van der Waals surface area contributed by atoms with Crippen LogP contribution in [0.3, 0.4) is 0 Å². The van der Waals surface area contributed by atoms with Gasteiger partial charge >= 0.3 is 0 Å². The molecule has 1 aromatic heterocycles. The van der Waals surface area contributed by atoms with Gasteiger partial charge in [-0.05, 0) is 43.9 Å². The fraction of sp³-hybridized carbons (Fsp3) is 0.526. The molecule has 0 aliphatic heterocycles. The van der Waals surface area contributed by atoms with Crippen LogP contribution in [0.2, 0.25) is 0 Å². The largest absolute Gasteiger partial charge is 0.459 e. The van der Waals surface area contributed by atoms with Gasteiger partial charge in [-0.15, -0.1) is 24.0 Å². The Kier molecular flexibility index (Phi) is 7.69. The summed E-state index contributed by atoms with van der Waals surface area (Å²) in [5, 5.41) is 4.11. The molecule has 1 fully saturated rings. The van der Waals surface area contributed by atoms with Gasteiger partial charge in [0.1, 0.15) is 17.2 Å². The first-order valence-corrected chi connectivity index (χ1v) is 8.75. The molecular weight excluding hydrogens is 448 g/mol. The number of benzene rings is 1. The Labute approximate surface area is 171 Å². The molecule has 0 saturated heterocycles. The lowest BCUT2D eigenvalue weighted by Gasteiger charge is -2.21. The van der Waals surface area contributed by atoms with E-state index in [2.05, 4.69) is 10.3 Å². The normalized spacial score (nSPS) is 14.4. The van der Waals surface area contributed by atoms with E-state index in [0.717, 1.165) is 41.7 Å². The molecule has 1 saturated carbocycles. The number of hydrogen-bond acceptors (Lipinski definition) is 3. The van der Waals surface area contributed by atoms with Crippen molar-refractivity contribution in [3.05, 3.63) is 35.3 Å². The third-order valence-electron chi connectivity index (χ3n) is 4.60. The Morgan fingerprint density at radius 1 is 1.42 bits per heavy atom. The monoisotopic (exact) mass is 475 g/mol. The molecule has 0 spiro atoms. The molecule has 1 aromatic carbocycles. The van der Waals surface area contributed by atoms with Gasteiger partial charge in [0.05, 0.1) is 13.2 Å². The molecule has 0 atom stereocenters. The summed E-state index contributed by atoms with van der Waals surface area (Å²) in [6, 6.07) is 4.59. The molecule has 1 N–H and O–H groups in total. The highest BCUT2D eigenvalue weighted by atomic mass is 127. The van der Waals surface area contributed by atoms with Gasteiger partial charge in [0, 0.05) is 38.2 Å². The van der Waals surface area contributed by atoms with Crippen LogP contribution in [0.4, 0.5) is 4.39 Å². The number of aryl methyl sites for hydroxylation is 1. The van der Waals surface area contributed by atoms with E-state index in [1.807, 2.05) is 18.9 Å². The van der Waals surface area contributed by atoms with Crippen LogP contribution >= 0.6 is 24.0 Å². The van der Waals surface area contributed by atoms with E-state index >= 15 is 0 Å². The molecular formula is C19H27FIN3O2. The van der Waals surface area contributed by atoms with E-state index in [0.29, 0.717) is 18.7 Å². The van der Waals surface area contributed by atoms with Crippen LogP contribution in [0, 0.1) is 18.7 Å². The maximum Gasteiger partial charge on any atom is 0.193 e. The van der Waals surface area contributed by atoms with E-state index in [1.54, 1.807) is 13.1 Å². The van der Waals surface area contributed by atoms with Crippen molar-refractivity contribution in [1.29, 1.82) is 0 Å². The minimum absolute atomic E-state index is 0. The molecule has 144 valence electrons. The molecule has 0 amide bonds. The van der Waals surface area contributed by atoms with Crippen LogP contribution in [-0.2, 0) is 11.3 Å². The molecule has 1 aliphatic rings. The maximum atomic E-state index is 13.4. The van der Waals surface area contributed by atoms with Crippen molar-refractivity contribution in [3.8, 4) is 0 Å². The molecule has 0 bridgehead atoms. The number of halogens is 2. The fourth-order valence-corrected chi connectivity index (χ4v) is 2.80. The van der Waals surface area contributed by atoms with Crippen molar-refractivity contribution in [1.82, 2.24) is 10.2 Å². The number of hydrogen-bond donors (Lipinski definition) is 1. The predicted molar refractivity (Wildman–Crippen MR) is 113 cm³/mol. The Morgan fingerprint density at radius 2 is 2.19 bits per heavy atom. The van der Waals surface area contributed by atoms with E-state index in [-0.39, 0.29) is 29.8 Å². The first kappa shape index (κ1) is 21.0. The topological polar surface area (TPSA) is 50.0 Å². The Bertz CT molecular complexity index is 759. The number of nitrogens with zero attached hydrogens (tertiary/aromatic N) is 2. The molecule has 2 aromatic rings. The molecule has 3 rings (SSSR count). The van der Waals surface area contributed by atoms with Crippen molar-refractivity contribution in [2.75, 3.05) is 33.9 Å². The van der Waals surface area contributed by atoms with Gasteiger partial charge in [0.15, 0.2) is 5.96 Å². The van der Waals surface area contributed by atoms with Gasteiger partial charge in [-0.3, -0.25) is 4.99 Å². The molecule has 0 unspecified atom stereocenters. The van der Waals surface area contributed by atoms with Crippen LogP contribution in [0.1, 0.15) is 24.2 Å². The number of fused-ring (bicyclic) bond motifs is 1. The first-order chi connectivity index (χ1) is 12.1. The highest BCUT2D eigenvalue weighted by Gasteiger charge is 2.21. The summed E-state index contributed by atoms with van der Waals surface area (Å²) in [6.45, 7) is 4.78. The highest BCUT2D eigenvalue weighted by Crippen LogP contribution is 2.28. The summed E-state index contributed by atoms with van der Waals surface area (Å²) < 4.78 is 24.9. The van der Waals surface area contributed by atoms with E-state index in [4.69, 9.17) is 9.15 Å². The van der Waals surface area contributed by atoms with Crippen LogP contribution < -0.4 is 5.32 Å². The van der Waals surface area contributed by atoms with Crippen molar-refractivity contribution < 1.29 is 13.5 Å². The number of ether oxygens (including phenoxy) is 1. The zero-order chi connectivity index (χ0) is 17.8. The number of rotatable bonds is 7. The predicted octanol–water partition coefficient (Wildman–Crippen LogP) is 3.93. The van der Waals surface area contributed by atoms with Crippen LogP contribution in [0.25, 0.3) is 11.0 Å². The van der Waals surface area contributed by atoms with Crippen LogP contribution in [0.15, 0.2) is 27.6 Å². The summed E-state index contributed by atoms with van der Waals surface area (Å²) >= 11 is 0. The standard InChI is InChI=1S/C19H26FN3O2.HI/c1-13-16-10-15(20)6-7-17(16)25-18(13)11-22-19(21-2)23(3)8-9-24-12-14-4-5-14;/h6-7,10,14H,4-5,8-9,11-12H2,1-3H3,(H,21,22);1H. The third kappa shape index (κ3) is 5.33. The summed E-state index contributed by atoms with van der Waals surface area (Å²) in [7, 11) is 3.74. The zero-order valence-corrected chi connectivity index (χ0v) is 17.9. The minimum atomic E-state index is -0.252. The molecule has 26 heavy (non-hydrogen) atoms. The van der Waals surface area contributed by atoms with Crippen molar-refractivity contribution in [2.45, 2.75) is 26.3 Å². The molecule has 7 heteroatoms. The Hall–Kier alpha value is -1.35. The molecule has 1 aliphatic carbocycles. The number of aliphatic imine (C=N–C) groups is 1. The fourth-order valence-electron chi connectivity index (χ4n) is 2.80. The molecule has 0 radical (unpaired) electrons. The SMILES string of the molecule is CN=C(NCc1oc2ccc(F)cc2c1C)N(C)CCOCC1CC1.I. The number of furan rings is 1. The lowest BCUT2D eigenvalue weighted by molar-refractivity contribution is 0.115. The second-order valence-corrected chi connectivity index (χ2v) is 6.63. The van der Waals surface area contributed by atoms with E-state index in [1.165, 1.54) is 25.0 Å². The van der Waals surface area contributed by atoms with Gasteiger partial charge in [0.25, 0.3) is 0 Å². The van der Waals surface area contributed by atoms with Crippen LogP contribution in [0.5, 0.6) is 0 Å². The van der Waals surface area contributed by atoms with Gasteiger partial charge < -0.3 is 19.4 Å². The maximum absolute atomic E-state index is 13.4. The molecule has 1 heterocycles. The number of guanidine groups is 1. The Morgan fingerprint density at radius 3 is 2.88 bits per heavy atom. The number of nitrogens with one attached hydrogen (secondary N) is 1. The van der Waals surface area contributed by atoms with Gasteiger partial charge in [-0.25, -0.2) is 4.39 Å². The van der Waals surface area contributed by atoms with Crippen LogP contribution in [-0.4, -0.2) is 44.7 Å². The highest BCUT2D eigenvalue weighted by molar-refractivity contribution is 14.0. The van der Waals surface area contributed by atoms with Gasteiger partial charge in [-0.2, -0.15) is 0 Å². The third-order valence-corrected chi connectivity index (χ3v) is 4.60. The minimum Gasteiger partial charge on any atom is -0.459 e. The second-order valence-electron chi connectivity index (χ2n) is 6.63.